The molecule has 0 spiro atoms. The number of aryl methyl sites for hydroxylation is 1. The summed E-state index contributed by atoms with van der Waals surface area (Å²) in [6.45, 7) is 5.63. The summed E-state index contributed by atoms with van der Waals surface area (Å²) < 4.78 is 13.8. The number of halogens is 1. The second-order valence-corrected chi connectivity index (χ2v) is 4.57. The molecule has 1 heterocycles. The van der Waals surface area contributed by atoms with Crippen LogP contribution in [0.5, 0.6) is 0 Å². The Morgan fingerprint density at radius 1 is 1.30 bits per heavy atom. The summed E-state index contributed by atoms with van der Waals surface area (Å²) in [6, 6.07) is 6.60. The fourth-order valence-corrected chi connectivity index (χ4v) is 1.91. The molecule has 1 N–H and O–H groups in total. The van der Waals surface area contributed by atoms with Gasteiger partial charge in [-0.25, -0.2) is 14.4 Å². The third-order valence-corrected chi connectivity index (χ3v) is 3.15. The van der Waals surface area contributed by atoms with Crippen LogP contribution in [0.1, 0.15) is 18.2 Å². The topological polar surface area (TPSA) is 41.1 Å². The molecule has 0 aliphatic carbocycles. The minimum Gasteiger partial charge on any atom is -0.313 e. The Labute approximate surface area is 118 Å². The molecule has 0 bridgehead atoms. The molecular weight excluding hydrogens is 255 g/mol. The molecule has 106 valence electrons. The molecule has 0 radical (unpaired) electrons. The number of benzene rings is 1. The van der Waals surface area contributed by atoms with Gasteiger partial charge in [0.2, 0.25) is 5.95 Å². The summed E-state index contributed by atoms with van der Waals surface area (Å²) >= 11 is 0. The minimum atomic E-state index is -0.284. The molecule has 0 fully saturated rings. The molecule has 0 saturated carbocycles. The van der Waals surface area contributed by atoms with Crippen molar-refractivity contribution < 1.29 is 4.39 Å². The molecule has 5 heteroatoms. The number of aromatic nitrogens is 2. The summed E-state index contributed by atoms with van der Waals surface area (Å²) in [7, 11) is 1.76. The van der Waals surface area contributed by atoms with Crippen molar-refractivity contribution in [1.82, 2.24) is 15.3 Å². The maximum atomic E-state index is 13.8. The first kappa shape index (κ1) is 14.4. The maximum Gasteiger partial charge on any atom is 0.229 e. The number of para-hydroxylation sites is 1. The fourth-order valence-electron chi connectivity index (χ4n) is 1.91. The van der Waals surface area contributed by atoms with Crippen molar-refractivity contribution in [2.45, 2.75) is 20.4 Å². The van der Waals surface area contributed by atoms with Gasteiger partial charge in [0.25, 0.3) is 0 Å². The molecular formula is C15H19FN4. The molecule has 20 heavy (non-hydrogen) atoms. The molecule has 0 saturated heterocycles. The molecule has 1 aromatic carbocycles. The van der Waals surface area contributed by atoms with Crippen LogP contribution in [0.25, 0.3) is 0 Å². The molecule has 0 aliphatic heterocycles. The van der Waals surface area contributed by atoms with Crippen molar-refractivity contribution in [1.29, 1.82) is 0 Å². The van der Waals surface area contributed by atoms with Crippen LogP contribution in [-0.2, 0) is 6.54 Å². The highest BCUT2D eigenvalue weighted by molar-refractivity contribution is 5.57. The Hall–Kier alpha value is -2.01. The monoisotopic (exact) mass is 274 g/mol. The lowest BCUT2D eigenvalue weighted by Gasteiger charge is -2.18. The number of hydrogen-bond acceptors (Lipinski definition) is 4. The highest BCUT2D eigenvalue weighted by Gasteiger charge is 2.12. The Morgan fingerprint density at radius 3 is 2.70 bits per heavy atom. The smallest absolute Gasteiger partial charge is 0.229 e. The normalized spacial score (nSPS) is 10.6. The highest BCUT2D eigenvalue weighted by Crippen LogP contribution is 2.23. The summed E-state index contributed by atoms with van der Waals surface area (Å²) in [6.07, 6.45) is 1.79. The van der Waals surface area contributed by atoms with E-state index in [1.807, 2.05) is 6.92 Å². The molecule has 0 unspecified atom stereocenters. The molecule has 2 aromatic rings. The van der Waals surface area contributed by atoms with Gasteiger partial charge in [-0.15, -0.1) is 0 Å². The van der Waals surface area contributed by atoms with Crippen molar-refractivity contribution >= 4 is 11.6 Å². The van der Waals surface area contributed by atoms with Gasteiger partial charge < -0.3 is 10.2 Å². The van der Waals surface area contributed by atoms with Crippen LogP contribution in [-0.4, -0.2) is 23.6 Å². The van der Waals surface area contributed by atoms with Gasteiger partial charge in [-0.05, 0) is 25.6 Å². The van der Waals surface area contributed by atoms with Crippen molar-refractivity contribution in [3.8, 4) is 0 Å². The van der Waals surface area contributed by atoms with Crippen molar-refractivity contribution in [2.24, 2.45) is 0 Å². The van der Waals surface area contributed by atoms with E-state index in [9.17, 15) is 4.39 Å². The lowest BCUT2D eigenvalue weighted by Crippen LogP contribution is -2.17. The standard InChI is InChI=1S/C15H19FN4/c1-4-17-9-12-10-18-15(19-11(12)2)20(3)14-8-6-5-7-13(14)16/h5-8,10,17H,4,9H2,1-3H3. The van der Waals surface area contributed by atoms with Gasteiger partial charge in [-0.3, -0.25) is 0 Å². The van der Waals surface area contributed by atoms with Crippen LogP contribution in [0.4, 0.5) is 16.0 Å². The highest BCUT2D eigenvalue weighted by atomic mass is 19.1. The lowest BCUT2D eigenvalue weighted by atomic mass is 10.2. The number of nitrogens with one attached hydrogen (secondary N) is 1. The van der Waals surface area contributed by atoms with Crippen LogP contribution in [0.3, 0.4) is 0 Å². The number of rotatable bonds is 5. The van der Waals surface area contributed by atoms with Crippen molar-refractivity contribution in [3.05, 3.63) is 47.5 Å². The Balaban J connectivity index is 2.25. The Kier molecular flexibility index (Phi) is 4.63. The Morgan fingerprint density at radius 2 is 2.05 bits per heavy atom. The largest absolute Gasteiger partial charge is 0.313 e. The van der Waals surface area contributed by atoms with Crippen molar-refractivity contribution in [3.63, 3.8) is 0 Å². The van der Waals surface area contributed by atoms with Gasteiger partial charge in [-0.1, -0.05) is 19.1 Å². The van der Waals surface area contributed by atoms with E-state index in [4.69, 9.17) is 0 Å². The van der Waals surface area contributed by atoms with E-state index in [-0.39, 0.29) is 5.82 Å². The van der Waals surface area contributed by atoms with Crippen LogP contribution < -0.4 is 10.2 Å². The van der Waals surface area contributed by atoms with E-state index in [1.54, 1.807) is 36.3 Å². The first-order valence-electron chi connectivity index (χ1n) is 6.65. The van der Waals surface area contributed by atoms with E-state index in [2.05, 4.69) is 22.2 Å². The maximum absolute atomic E-state index is 13.8. The van der Waals surface area contributed by atoms with E-state index in [1.165, 1.54) is 6.07 Å². The number of anilines is 2. The minimum absolute atomic E-state index is 0.284. The first-order valence-corrected chi connectivity index (χ1v) is 6.65. The fraction of sp³-hybridized carbons (Fsp3) is 0.333. The predicted molar refractivity (Wildman–Crippen MR) is 78.6 cm³/mol. The van der Waals surface area contributed by atoms with Gasteiger partial charge in [0, 0.05) is 31.0 Å². The summed E-state index contributed by atoms with van der Waals surface area (Å²) in [5.41, 5.74) is 2.42. The van der Waals surface area contributed by atoms with Gasteiger partial charge in [-0.2, -0.15) is 0 Å². The SMILES string of the molecule is CCNCc1cnc(N(C)c2ccccc2F)nc1C. The zero-order valence-electron chi connectivity index (χ0n) is 12.0. The molecule has 4 nitrogen and oxygen atoms in total. The first-order chi connectivity index (χ1) is 9.63. The van der Waals surface area contributed by atoms with E-state index < -0.39 is 0 Å². The van der Waals surface area contributed by atoms with Crippen LogP contribution in [0.15, 0.2) is 30.5 Å². The molecule has 0 aliphatic rings. The van der Waals surface area contributed by atoms with Crippen LogP contribution >= 0.6 is 0 Å². The van der Waals surface area contributed by atoms with E-state index >= 15 is 0 Å². The van der Waals surface area contributed by atoms with Gasteiger partial charge in [0.05, 0.1) is 5.69 Å². The van der Waals surface area contributed by atoms with Gasteiger partial charge in [0.1, 0.15) is 5.82 Å². The van der Waals surface area contributed by atoms with Gasteiger partial charge >= 0.3 is 0 Å². The average Bonchev–Trinajstić information content (AvgIpc) is 2.46. The summed E-state index contributed by atoms with van der Waals surface area (Å²) in [4.78, 5) is 10.4. The second-order valence-electron chi connectivity index (χ2n) is 4.57. The van der Waals surface area contributed by atoms with E-state index in [0.29, 0.717) is 11.6 Å². The second kappa shape index (κ2) is 6.43. The van der Waals surface area contributed by atoms with Crippen LogP contribution in [0.2, 0.25) is 0 Å². The number of hydrogen-bond donors (Lipinski definition) is 1. The predicted octanol–water partition coefficient (Wildman–Crippen LogP) is 2.80. The van der Waals surface area contributed by atoms with E-state index in [0.717, 1.165) is 24.3 Å². The molecule has 0 amide bonds. The van der Waals surface area contributed by atoms with Gasteiger partial charge in [0.15, 0.2) is 0 Å². The lowest BCUT2D eigenvalue weighted by molar-refractivity contribution is 0.626. The Bertz CT molecular complexity index is 586. The quantitative estimate of drug-likeness (QED) is 0.910. The molecule has 0 atom stereocenters. The third-order valence-electron chi connectivity index (χ3n) is 3.15. The number of nitrogens with zero attached hydrogens (tertiary/aromatic N) is 3. The molecule has 2 rings (SSSR count). The van der Waals surface area contributed by atoms with Crippen molar-refractivity contribution in [2.75, 3.05) is 18.5 Å². The zero-order chi connectivity index (χ0) is 14.5. The summed E-state index contributed by atoms with van der Waals surface area (Å²) in [5, 5.41) is 3.24. The third kappa shape index (κ3) is 3.11. The average molecular weight is 274 g/mol. The zero-order valence-corrected chi connectivity index (χ0v) is 12.0. The molecule has 1 aromatic heterocycles. The summed E-state index contributed by atoms with van der Waals surface area (Å²) in [5.74, 6) is 0.209. The van der Waals surface area contributed by atoms with Crippen LogP contribution in [0, 0.1) is 12.7 Å².